The molecule has 3 heteroatoms. The Bertz CT molecular complexity index is 128. The van der Waals surface area contributed by atoms with Crippen LogP contribution in [0.25, 0.3) is 0 Å². The fourth-order valence-electron chi connectivity index (χ4n) is 2.36. The zero-order valence-corrected chi connectivity index (χ0v) is 8.50. The third-order valence-electron chi connectivity index (χ3n) is 2.95. The van der Waals surface area contributed by atoms with E-state index in [9.17, 15) is 0 Å². The third-order valence-corrected chi connectivity index (χ3v) is 3.49. The minimum absolute atomic E-state index is 0.322. The van der Waals surface area contributed by atoms with Crippen molar-refractivity contribution in [3.63, 3.8) is 0 Å². The van der Waals surface area contributed by atoms with Crippen LogP contribution in [0.1, 0.15) is 32.1 Å². The SMILES string of the molecule is [As]O[C@H]1C[C@@H]2CCCC[C@@H]2N1. The number of rotatable bonds is 1. The molecule has 0 aromatic heterocycles. The van der Waals surface area contributed by atoms with Crippen LogP contribution in [0.5, 0.6) is 0 Å². The molecule has 62 valence electrons. The van der Waals surface area contributed by atoms with Crippen molar-refractivity contribution in [1.29, 1.82) is 0 Å². The Morgan fingerprint density at radius 3 is 2.82 bits per heavy atom. The van der Waals surface area contributed by atoms with Crippen molar-refractivity contribution in [2.45, 2.75) is 44.4 Å². The van der Waals surface area contributed by atoms with E-state index in [-0.39, 0.29) is 0 Å². The van der Waals surface area contributed by atoms with Crippen LogP contribution in [-0.4, -0.2) is 29.5 Å². The first kappa shape index (κ1) is 8.09. The molecule has 1 aliphatic carbocycles. The van der Waals surface area contributed by atoms with Crippen molar-refractivity contribution in [1.82, 2.24) is 5.32 Å². The van der Waals surface area contributed by atoms with Crippen LogP contribution in [0.15, 0.2) is 0 Å². The summed E-state index contributed by atoms with van der Waals surface area (Å²) in [7, 11) is 0. The molecule has 1 saturated heterocycles. The van der Waals surface area contributed by atoms with E-state index in [1.54, 1.807) is 0 Å². The molecule has 11 heavy (non-hydrogen) atoms. The summed E-state index contributed by atoms with van der Waals surface area (Å²) in [6, 6.07) is 0.762. The number of fused-ring (bicyclic) bond motifs is 1. The number of hydrogen-bond donors (Lipinski definition) is 1. The molecule has 1 aliphatic heterocycles. The fraction of sp³-hybridized carbons (Fsp3) is 1.00. The van der Waals surface area contributed by atoms with E-state index < -0.39 is 0 Å². The maximum absolute atomic E-state index is 5.23. The van der Waals surface area contributed by atoms with E-state index in [2.05, 4.69) is 22.5 Å². The van der Waals surface area contributed by atoms with E-state index >= 15 is 0 Å². The van der Waals surface area contributed by atoms with Gasteiger partial charge in [0.25, 0.3) is 0 Å². The van der Waals surface area contributed by atoms with Crippen molar-refractivity contribution >= 4 is 17.2 Å². The molecule has 2 fully saturated rings. The van der Waals surface area contributed by atoms with E-state index in [1.807, 2.05) is 0 Å². The molecular formula is C8H14AsNO. The molecule has 2 aliphatic rings. The van der Waals surface area contributed by atoms with Crippen molar-refractivity contribution < 1.29 is 3.73 Å². The van der Waals surface area contributed by atoms with Gasteiger partial charge in [0.15, 0.2) is 0 Å². The van der Waals surface area contributed by atoms with Gasteiger partial charge in [0.1, 0.15) is 0 Å². The summed E-state index contributed by atoms with van der Waals surface area (Å²) in [5.74, 6) is 0.901. The molecule has 0 aromatic carbocycles. The summed E-state index contributed by atoms with van der Waals surface area (Å²) in [5.41, 5.74) is 0. The van der Waals surface area contributed by atoms with Crippen LogP contribution >= 0.6 is 0 Å². The van der Waals surface area contributed by atoms with Gasteiger partial charge in [-0.05, 0) is 0 Å². The minimum atomic E-state index is 0.322. The van der Waals surface area contributed by atoms with E-state index in [1.165, 1.54) is 32.1 Å². The molecule has 2 nitrogen and oxygen atoms in total. The van der Waals surface area contributed by atoms with Crippen LogP contribution in [0.2, 0.25) is 0 Å². The van der Waals surface area contributed by atoms with Gasteiger partial charge in [-0.2, -0.15) is 0 Å². The Balaban J connectivity index is 1.92. The zero-order valence-electron chi connectivity index (χ0n) is 6.62. The molecular weight excluding hydrogens is 201 g/mol. The van der Waals surface area contributed by atoms with Crippen molar-refractivity contribution in [2.75, 3.05) is 0 Å². The van der Waals surface area contributed by atoms with Gasteiger partial charge in [-0.1, -0.05) is 0 Å². The first-order chi connectivity index (χ1) is 5.40. The Hall–Kier alpha value is 0.478. The predicted molar refractivity (Wildman–Crippen MR) is 44.1 cm³/mol. The summed E-state index contributed by atoms with van der Waals surface area (Å²) in [5, 5.41) is 3.50. The van der Waals surface area contributed by atoms with Crippen molar-refractivity contribution in [3.8, 4) is 0 Å². The zero-order chi connectivity index (χ0) is 7.68. The molecule has 1 N–H and O–H groups in total. The standard InChI is InChI=1S/C8H14AsNO/c9-11-8-5-6-3-1-2-4-7(6)10-8/h6-8,10H,1-5H2/t6-,7-,8-/m0/s1. The quantitative estimate of drug-likeness (QED) is 0.658. The Labute approximate surface area is 76.9 Å². The van der Waals surface area contributed by atoms with Crippen LogP contribution < -0.4 is 5.32 Å². The van der Waals surface area contributed by atoms with Gasteiger partial charge in [-0.15, -0.1) is 0 Å². The number of hydrogen-bond acceptors (Lipinski definition) is 2. The summed E-state index contributed by atoms with van der Waals surface area (Å²) in [6.45, 7) is 0. The Kier molecular flexibility index (Phi) is 2.55. The van der Waals surface area contributed by atoms with Gasteiger partial charge in [0.05, 0.1) is 0 Å². The molecule has 3 atom stereocenters. The van der Waals surface area contributed by atoms with Gasteiger partial charge in [-0.25, -0.2) is 0 Å². The van der Waals surface area contributed by atoms with Gasteiger partial charge < -0.3 is 0 Å². The van der Waals surface area contributed by atoms with Gasteiger partial charge >= 0.3 is 76.5 Å². The summed E-state index contributed by atoms with van der Waals surface area (Å²) < 4.78 is 5.23. The molecule has 0 aromatic rings. The second-order valence-electron chi connectivity index (χ2n) is 3.65. The van der Waals surface area contributed by atoms with Crippen molar-refractivity contribution in [3.05, 3.63) is 0 Å². The van der Waals surface area contributed by atoms with E-state index in [4.69, 9.17) is 3.73 Å². The molecule has 1 saturated carbocycles. The number of nitrogens with one attached hydrogen (secondary N) is 1. The van der Waals surface area contributed by atoms with Crippen LogP contribution in [0.3, 0.4) is 0 Å². The average molecular weight is 215 g/mol. The predicted octanol–water partition coefficient (Wildman–Crippen LogP) is 0.965. The Morgan fingerprint density at radius 2 is 2.09 bits per heavy atom. The van der Waals surface area contributed by atoms with E-state index in [0.717, 1.165) is 12.0 Å². The average Bonchev–Trinajstić information content (AvgIpc) is 2.46. The van der Waals surface area contributed by atoms with Gasteiger partial charge in [-0.3, -0.25) is 0 Å². The molecule has 0 spiro atoms. The maximum atomic E-state index is 5.23. The third kappa shape index (κ3) is 1.63. The van der Waals surface area contributed by atoms with Crippen LogP contribution in [0.4, 0.5) is 0 Å². The van der Waals surface area contributed by atoms with E-state index in [0.29, 0.717) is 6.23 Å². The Morgan fingerprint density at radius 1 is 1.27 bits per heavy atom. The second kappa shape index (κ2) is 3.47. The normalized spacial score (nSPS) is 43.9. The molecule has 2 radical (unpaired) electrons. The fourth-order valence-corrected chi connectivity index (χ4v) is 2.67. The monoisotopic (exact) mass is 215 g/mol. The van der Waals surface area contributed by atoms with Gasteiger partial charge in [0, 0.05) is 0 Å². The molecule has 1 heterocycles. The molecule has 0 unspecified atom stereocenters. The first-order valence-corrected chi connectivity index (χ1v) is 5.23. The molecule has 0 amide bonds. The molecule has 2 rings (SSSR count). The second-order valence-corrected chi connectivity index (χ2v) is 4.09. The van der Waals surface area contributed by atoms with Gasteiger partial charge in [0.2, 0.25) is 0 Å². The van der Waals surface area contributed by atoms with Crippen LogP contribution in [0, 0.1) is 5.92 Å². The van der Waals surface area contributed by atoms with Crippen molar-refractivity contribution in [2.24, 2.45) is 5.92 Å². The topological polar surface area (TPSA) is 21.3 Å². The molecule has 0 bridgehead atoms. The summed E-state index contributed by atoms with van der Waals surface area (Å²) >= 11 is 2.22. The summed E-state index contributed by atoms with van der Waals surface area (Å²) in [6.07, 6.45) is 7.14. The summed E-state index contributed by atoms with van der Waals surface area (Å²) in [4.78, 5) is 0. The first-order valence-electron chi connectivity index (χ1n) is 4.46. The van der Waals surface area contributed by atoms with Crippen LogP contribution in [-0.2, 0) is 3.73 Å².